The number of hydrogen-bond acceptors (Lipinski definition) is 3. The number of amides is 1. The highest BCUT2D eigenvalue weighted by Crippen LogP contribution is 2.22. The Bertz CT molecular complexity index is 759. The topological polar surface area (TPSA) is 55.4 Å². The predicted molar refractivity (Wildman–Crippen MR) is 81.6 cm³/mol. The lowest BCUT2D eigenvalue weighted by Crippen LogP contribution is -2.40. The zero-order chi connectivity index (χ0) is 14.9. The predicted octanol–water partition coefficient (Wildman–Crippen LogP) is 2.01. The van der Waals surface area contributed by atoms with Gasteiger partial charge in [-0.15, -0.1) is 0 Å². The van der Waals surface area contributed by atoms with Crippen molar-refractivity contribution in [2.75, 3.05) is 13.1 Å². The SMILES string of the molecule is O=C(c1cn2ccccc2n1)N1CCC[C@H](n2ccnc2)C1. The number of pyridine rings is 1. The lowest BCUT2D eigenvalue weighted by Gasteiger charge is -2.32. The molecule has 0 aromatic carbocycles. The molecule has 6 heteroatoms. The van der Waals surface area contributed by atoms with Crippen molar-refractivity contribution in [1.82, 2.24) is 23.8 Å². The molecule has 1 fully saturated rings. The molecule has 3 aromatic heterocycles. The van der Waals surface area contributed by atoms with E-state index in [1.165, 1.54) is 0 Å². The summed E-state index contributed by atoms with van der Waals surface area (Å²) >= 11 is 0. The van der Waals surface area contributed by atoms with Crippen LogP contribution >= 0.6 is 0 Å². The molecule has 0 bridgehead atoms. The van der Waals surface area contributed by atoms with Crippen molar-refractivity contribution in [2.45, 2.75) is 18.9 Å². The average molecular weight is 295 g/mol. The average Bonchev–Trinajstić information content (AvgIpc) is 3.23. The molecule has 1 aliphatic rings. The number of hydrogen-bond donors (Lipinski definition) is 0. The van der Waals surface area contributed by atoms with Gasteiger partial charge < -0.3 is 13.9 Å². The van der Waals surface area contributed by atoms with Crippen LogP contribution < -0.4 is 0 Å². The molecular formula is C16H17N5O. The van der Waals surface area contributed by atoms with Gasteiger partial charge in [0, 0.05) is 37.9 Å². The van der Waals surface area contributed by atoms with E-state index in [-0.39, 0.29) is 5.91 Å². The van der Waals surface area contributed by atoms with Gasteiger partial charge in [0.1, 0.15) is 11.3 Å². The smallest absolute Gasteiger partial charge is 0.274 e. The van der Waals surface area contributed by atoms with Crippen molar-refractivity contribution in [1.29, 1.82) is 0 Å². The molecule has 0 aliphatic carbocycles. The molecule has 1 amide bonds. The number of nitrogens with zero attached hydrogens (tertiary/aromatic N) is 5. The zero-order valence-corrected chi connectivity index (χ0v) is 12.2. The number of piperidine rings is 1. The van der Waals surface area contributed by atoms with Gasteiger partial charge >= 0.3 is 0 Å². The molecule has 0 radical (unpaired) electrons. The van der Waals surface area contributed by atoms with Crippen molar-refractivity contribution in [3.8, 4) is 0 Å². The van der Waals surface area contributed by atoms with Crippen LogP contribution in [0.1, 0.15) is 29.4 Å². The highest BCUT2D eigenvalue weighted by Gasteiger charge is 2.26. The minimum absolute atomic E-state index is 0.00788. The monoisotopic (exact) mass is 295 g/mol. The maximum Gasteiger partial charge on any atom is 0.274 e. The summed E-state index contributed by atoms with van der Waals surface area (Å²) in [6.45, 7) is 1.50. The fourth-order valence-corrected chi connectivity index (χ4v) is 3.07. The molecule has 4 heterocycles. The third kappa shape index (κ3) is 2.26. The summed E-state index contributed by atoms with van der Waals surface area (Å²) < 4.78 is 3.97. The van der Waals surface area contributed by atoms with Gasteiger partial charge in [0.2, 0.25) is 0 Å². The van der Waals surface area contributed by atoms with E-state index >= 15 is 0 Å². The normalized spacial score (nSPS) is 18.7. The molecular weight excluding hydrogens is 278 g/mol. The highest BCUT2D eigenvalue weighted by atomic mass is 16.2. The molecule has 0 N–H and O–H groups in total. The molecule has 1 atom stereocenters. The minimum Gasteiger partial charge on any atom is -0.335 e. The van der Waals surface area contributed by atoms with Crippen LogP contribution in [0.4, 0.5) is 0 Å². The first-order chi connectivity index (χ1) is 10.8. The molecule has 0 unspecified atom stereocenters. The van der Waals surface area contributed by atoms with E-state index in [4.69, 9.17) is 0 Å². The van der Waals surface area contributed by atoms with Gasteiger partial charge in [-0.1, -0.05) is 6.07 Å². The molecule has 3 aromatic rings. The summed E-state index contributed by atoms with van der Waals surface area (Å²) in [5, 5.41) is 0. The van der Waals surface area contributed by atoms with Gasteiger partial charge in [-0.2, -0.15) is 0 Å². The van der Waals surface area contributed by atoms with Gasteiger partial charge in [0.25, 0.3) is 5.91 Å². The Labute approximate surface area is 128 Å². The van der Waals surface area contributed by atoms with Crippen molar-refractivity contribution >= 4 is 11.6 Å². The van der Waals surface area contributed by atoms with E-state index in [0.29, 0.717) is 18.3 Å². The molecule has 6 nitrogen and oxygen atoms in total. The van der Waals surface area contributed by atoms with Crippen molar-refractivity contribution in [2.24, 2.45) is 0 Å². The van der Waals surface area contributed by atoms with Crippen LogP contribution in [0.15, 0.2) is 49.3 Å². The van der Waals surface area contributed by atoms with Gasteiger partial charge in [0.05, 0.1) is 12.4 Å². The fraction of sp³-hybridized carbons (Fsp3) is 0.312. The summed E-state index contributed by atoms with van der Waals surface area (Å²) in [5.41, 5.74) is 1.31. The molecule has 0 saturated carbocycles. The van der Waals surface area contributed by atoms with Crippen LogP contribution in [0, 0.1) is 0 Å². The summed E-state index contributed by atoms with van der Waals surface area (Å²) in [5.74, 6) is 0.00788. The molecule has 1 aliphatic heterocycles. The summed E-state index contributed by atoms with van der Waals surface area (Å²) in [7, 11) is 0. The largest absolute Gasteiger partial charge is 0.335 e. The molecule has 112 valence electrons. The maximum absolute atomic E-state index is 12.7. The van der Waals surface area contributed by atoms with Crippen LogP contribution in [-0.2, 0) is 0 Å². The van der Waals surface area contributed by atoms with E-state index in [2.05, 4.69) is 14.5 Å². The molecule has 0 spiro atoms. The molecule has 4 rings (SSSR count). The van der Waals surface area contributed by atoms with Gasteiger partial charge in [0.15, 0.2) is 0 Å². The summed E-state index contributed by atoms with van der Waals surface area (Å²) in [6, 6.07) is 6.06. The number of aromatic nitrogens is 4. The summed E-state index contributed by atoms with van der Waals surface area (Å²) in [6.07, 6.45) is 11.4. The number of likely N-dealkylation sites (tertiary alicyclic amines) is 1. The second-order valence-corrected chi connectivity index (χ2v) is 5.65. The van der Waals surface area contributed by atoms with E-state index < -0.39 is 0 Å². The van der Waals surface area contributed by atoms with Gasteiger partial charge in [-0.25, -0.2) is 9.97 Å². The van der Waals surface area contributed by atoms with E-state index in [9.17, 15) is 4.79 Å². The first-order valence-electron chi connectivity index (χ1n) is 7.52. The number of carbonyl (C=O) groups excluding carboxylic acids is 1. The molecule has 1 saturated heterocycles. The Hall–Kier alpha value is -2.63. The lowest BCUT2D eigenvalue weighted by atomic mass is 10.1. The van der Waals surface area contributed by atoms with Crippen LogP contribution in [0.5, 0.6) is 0 Å². The Balaban J connectivity index is 1.56. The van der Waals surface area contributed by atoms with E-state index in [1.54, 1.807) is 12.4 Å². The Morgan fingerprint density at radius 2 is 2.23 bits per heavy atom. The Kier molecular flexibility index (Phi) is 3.14. The van der Waals surface area contributed by atoms with Crippen molar-refractivity contribution < 1.29 is 4.79 Å². The minimum atomic E-state index is 0.00788. The van der Waals surface area contributed by atoms with Crippen molar-refractivity contribution in [3.63, 3.8) is 0 Å². The van der Waals surface area contributed by atoms with E-state index in [0.717, 1.165) is 25.0 Å². The van der Waals surface area contributed by atoms with Gasteiger partial charge in [-0.3, -0.25) is 4.79 Å². The third-order valence-electron chi connectivity index (χ3n) is 4.21. The molecule has 22 heavy (non-hydrogen) atoms. The van der Waals surface area contributed by atoms with Crippen LogP contribution in [0.25, 0.3) is 5.65 Å². The number of carbonyl (C=O) groups is 1. The Morgan fingerprint density at radius 3 is 3.05 bits per heavy atom. The Morgan fingerprint density at radius 1 is 1.27 bits per heavy atom. The first-order valence-corrected chi connectivity index (χ1v) is 7.52. The quantitative estimate of drug-likeness (QED) is 0.726. The number of fused-ring (bicyclic) bond motifs is 1. The first kappa shape index (κ1) is 13.1. The maximum atomic E-state index is 12.7. The third-order valence-corrected chi connectivity index (χ3v) is 4.21. The van der Waals surface area contributed by atoms with Crippen LogP contribution in [0.2, 0.25) is 0 Å². The van der Waals surface area contributed by atoms with Crippen LogP contribution in [0.3, 0.4) is 0 Å². The lowest BCUT2D eigenvalue weighted by molar-refractivity contribution is 0.0674. The second kappa shape index (κ2) is 5.29. The standard InChI is InChI=1S/C16H17N5O/c22-16(14-11-19-7-2-1-5-15(19)18-14)20-8-3-4-13(10-20)21-9-6-17-12-21/h1-2,5-7,9,11-13H,3-4,8,10H2/t13-/m0/s1. The number of imidazole rings is 2. The van der Waals surface area contributed by atoms with E-state index in [1.807, 2.05) is 46.2 Å². The van der Waals surface area contributed by atoms with Gasteiger partial charge in [-0.05, 0) is 25.0 Å². The fourth-order valence-electron chi connectivity index (χ4n) is 3.07. The highest BCUT2D eigenvalue weighted by molar-refractivity contribution is 5.93. The van der Waals surface area contributed by atoms with Crippen LogP contribution in [-0.4, -0.2) is 42.8 Å². The number of rotatable bonds is 2. The zero-order valence-electron chi connectivity index (χ0n) is 12.2. The van der Waals surface area contributed by atoms with Crippen molar-refractivity contribution in [3.05, 3.63) is 55.0 Å². The summed E-state index contributed by atoms with van der Waals surface area (Å²) in [4.78, 5) is 23.1. The second-order valence-electron chi connectivity index (χ2n) is 5.65.